The van der Waals surface area contributed by atoms with Crippen molar-refractivity contribution >= 4 is 23.8 Å². The van der Waals surface area contributed by atoms with Crippen LogP contribution in [0.2, 0.25) is 0 Å². The van der Waals surface area contributed by atoms with E-state index in [1.54, 1.807) is 36.4 Å². The van der Waals surface area contributed by atoms with E-state index in [2.05, 4.69) is 10.5 Å². The van der Waals surface area contributed by atoms with E-state index in [0.29, 0.717) is 0 Å². The molecule has 3 aromatic carbocycles. The van der Waals surface area contributed by atoms with Crippen molar-refractivity contribution in [3.05, 3.63) is 99.1 Å². The van der Waals surface area contributed by atoms with E-state index in [1.807, 2.05) is 6.92 Å². The molecule has 9 heteroatoms. The van der Waals surface area contributed by atoms with Crippen LogP contribution < -0.4 is 10.2 Å². The molecule has 0 spiro atoms. The van der Waals surface area contributed by atoms with Gasteiger partial charge in [0.05, 0.1) is 22.3 Å². The van der Waals surface area contributed by atoms with Crippen LogP contribution >= 0.6 is 0 Å². The first-order valence-electron chi connectivity index (χ1n) is 9.04. The highest BCUT2D eigenvalue weighted by molar-refractivity contribution is 5.98. The maximum Gasteiger partial charge on any atom is 0.343 e. The Labute approximate surface area is 176 Å². The molecule has 0 aliphatic carbocycles. The molecular weight excluding hydrogens is 402 g/mol. The third-order valence-corrected chi connectivity index (χ3v) is 4.22. The molecule has 3 rings (SSSR count). The number of hydrogen-bond acceptors (Lipinski definition) is 7. The zero-order valence-corrected chi connectivity index (χ0v) is 16.3. The van der Waals surface area contributed by atoms with Crippen molar-refractivity contribution < 1.29 is 24.4 Å². The van der Waals surface area contributed by atoms with Crippen LogP contribution in [0.4, 0.5) is 5.69 Å². The molecule has 0 aliphatic rings. The van der Waals surface area contributed by atoms with Crippen molar-refractivity contribution in [3.63, 3.8) is 0 Å². The number of para-hydroxylation sites is 2. The first kappa shape index (κ1) is 21.2. The van der Waals surface area contributed by atoms with E-state index in [4.69, 9.17) is 4.74 Å². The van der Waals surface area contributed by atoms with Crippen molar-refractivity contribution in [2.75, 3.05) is 0 Å². The summed E-state index contributed by atoms with van der Waals surface area (Å²) in [5, 5.41) is 24.9. The zero-order chi connectivity index (χ0) is 22.4. The first-order chi connectivity index (χ1) is 14.9. The number of phenolic OH excluding ortho intramolecular Hbond substituents is 1. The van der Waals surface area contributed by atoms with Gasteiger partial charge in [-0.25, -0.2) is 10.2 Å². The molecule has 0 fully saturated rings. The highest BCUT2D eigenvalue weighted by Gasteiger charge is 2.22. The van der Waals surface area contributed by atoms with Gasteiger partial charge in [0, 0.05) is 11.6 Å². The average molecular weight is 419 g/mol. The molecule has 0 bridgehead atoms. The summed E-state index contributed by atoms with van der Waals surface area (Å²) < 4.78 is 5.30. The number of carbonyl (C=O) groups excluding carboxylic acids is 2. The predicted octanol–water partition coefficient (Wildman–Crippen LogP) is 3.59. The standard InChI is InChI=1S/C22H17N3O6/c1-14-9-11-15(12-10-14)22(28)31-20-16(5-4-7-18(20)25(29)30)13-23-24-21(27)17-6-2-3-8-19(17)26/h2-13,26H,1H3,(H,24,27)/b23-13+. The van der Waals surface area contributed by atoms with E-state index >= 15 is 0 Å². The lowest BCUT2D eigenvalue weighted by atomic mass is 10.1. The van der Waals surface area contributed by atoms with Crippen LogP contribution in [0.3, 0.4) is 0 Å². The van der Waals surface area contributed by atoms with Crippen LogP contribution in [0.15, 0.2) is 71.8 Å². The van der Waals surface area contributed by atoms with Gasteiger partial charge in [-0.2, -0.15) is 5.10 Å². The summed E-state index contributed by atoms with van der Waals surface area (Å²) in [5.41, 5.74) is 3.05. The number of rotatable bonds is 6. The van der Waals surface area contributed by atoms with Gasteiger partial charge in [-0.15, -0.1) is 0 Å². The molecule has 31 heavy (non-hydrogen) atoms. The van der Waals surface area contributed by atoms with Crippen molar-refractivity contribution in [2.45, 2.75) is 6.92 Å². The molecule has 0 radical (unpaired) electrons. The molecule has 0 saturated carbocycles. The number of esters is 1. The van der Waals surface area contributed by atoms with Gasteiger partial charge in [-0.3, -0.25) is 14.9 Å². The largest absolute Gasteiger partial charge is 0.507 e. The van der Waals surface area contributed by atoms with Gasteiger partial charge in [-0.05, 0) is 37.3 Å². The van der Waals surface area contributed by atoms with Gasteiger partial charge in [0.2, 0.25) is 5.75 Å². The lowest BCUT2D eigenvalue weighted by Crippen LogP contribution is -2.18. The van der Waals surface area contributed by atoms with Crippen LogP contribution in [0.5, 0.6) is 11.5 Å². The summed E-state index contributed by atoms with van der Waals surface area (Å²) in [6, 6.07) is 16.4. The number of carbonyl (C=O) groups is 2. The number of nitrogens with one attached hydrogen (secondary N) is 1. The Kier molecular flexibility index (Phi) is 6.36. The average Bonchev–Trinajstić information content (AvgIpc) is 2.75. The molecular formula is C22H17N3O6. The Bertz CT molecular complexity index is 1170. The second-order valence-electron chi connectivity index (χ2n) is 6.42. The number of benzene rings is 3. The number of nitrogens with zero attached hydrogens (tertiary/aromatic N) is 2. The smallest absolute Gasteiger partial charge is 0.343 e. The molecule has 0 atom stereocenters. The summed E-state index contributed by atoms with van der Waals surface area (Å²) in [5.74, 6) is -1.99. The summed E-state index contributed by atoms with van der Waals surface area (Å²) in [6.07, 6.45) is 1.11. The van der Waals surface area contributed by atoms with Gasteiger partial charge in [-0.1, -0.05) is 35.9 Å². The number of aryl methyl sites for hydroxylation is 1. The van der Waals surface area contributed by atoms with Crippen LogP contribution in [-0.2, 0) is 0 Å². The first-order valence-corrected chi connectivity index (χ1v) is 9.04. The lowest BCUT2D eigenvalue weighted by Gasteiger charge is -2.08. The molecule has 0 aliphatic heterocycles. The Balaban J connectivity index is 1.85. The monoisotopic (exact) mass is 419 g/mol. The van der Waals surface area contributed by atoms with E-state index in [9.17, 15) is 24.8 Å². The number of aromatic hydroxyl groups is 1. The predicted molar refractivity (Wildman–Crippen MR) is 112 cm³/mol. The highest BCUT2D eigenvalue weighted by atomic mass is 16.6. The van der Waals surface area contributed by atoms with Crippen LogP contribution in [0, 0.1) is 17.0 Å². The molecule has 0 heterocycles. The van der Waals surface area contributed by atoms with Crippen molar-refractivity contribution in [2.24, 2.45) is 5.10 Å². The van der Waals surface area contributed by atoms with Gasteiger partial charge in [0.1, 0.15) is 5.75 Å². The number of hydrogen-bond donors (Lipinski definition) is 2. The van der Waals surface area contributed by atoms with E-state index < -0.39 is 22.5 Å². The van der Waals surface area contributed by atoms with Gasteiger partial charge in [0.15, 0.2) is 0 Å². The maximum atomic E-state index is 12.5. The maximum absolute atomic E-state index is 12.5. The van der Waals surface area contributed by atoms with Gasteiger partial charge >= 0.3 is 11.7 Å². The molecule has 3 aromatic rings. The lowest BCUT2D eigenvalue weighted by molar-refractivity contribution is -0.385. The fourth-order valence-corrected chi connectivity index (χ4v) is 2.63. The van der Waals surface area contributed by atoms with Crippen LogP contribution in [-0.4, -0.2) is 28.1 Å². The third-order valence-electron chi connectivity index (χ3n) is 4.22. The number of ether oxygens (including phenoxy) is 1. The SMILES string of the molecule is Cc1ccc(C(=O)Oc2c(/C=N/NC(=O)c3ccccc3O)cccc2[N+](=O)[O-])cc1. The fourth-order valence-electron chi connectivity index (χ4n) is 2.63. The number of amides is 1. The quantitative estimate of drug-likeness (QED) is 0.206. The van der Waals surface area contributed by atoms with Crippen molar-refractivity contribution in [1.82, 2.24) is 5.43 Å². The fraction of sp³-hybridized carbons (Fsp3) is 0.0455. The molecule has 156 valence electrons. The minimum absolute atomic E-state index is 0.00437. The Morgan fingerprint density at radius 3 is 2.45 bits per heavy atom. The number of nitro groups is 1. The van der Waals surface area contributed by atoms with Crippen molar-refractivity contribution in [1.29, 1.82) is 0 Å². The second-order valence-corrected chi connectivity index (χ2v) is 6.42. The Morgan fingerprint density at radius 1 is 1.06 bits per heavy atom. The molecule has 2 N–H and O–H groups in total. The van der Waals surface area contributed by atoms with E-state index in [1.165, 1.54) is 30.3 Å². The molecule has 9 nitrogen and oxygen atoms in total. The minimum Gasteiger partial charge on any atom is -0.507 e. The number of hydrazone groups is 1. The molecule has 0 unspecified atom stereocenters. The Morgan fingerprint density at radius 2 is 1.77 bits per heavy atom. The molecule has 0 saturated heterocycles. The van der Waals surface area contributed by atoms with Crippen LogP contribution in [0.1, 0.15) is 31.8 Å². The number of phenols is 1. The highest BCUT2D eigenvalue weighted by Crippen LogP contribution is 2.30. The minimum atomic E-state index is -0.776. The van der Waals surface area contributed by atoms with Crippen molar-refractivity contribution in [3.8, 4) is 11.5 Å². The molecule has 0 aromatic heterocycles. The third kappa shape index (κ3) is 5.10. The summed E-state index contributed by atoms with van der Waals surface area (Å²) in [4.78, 5) is 35.3. The topological polar surface area (TPSA) is 131 Å². The summed E-state index contributed by atoms with van der Waals surface area (Å²) in [7, 11) is 0. The summed E-state index contributed by atoms with van der Waals surface area (Å²) >= 11 is 0. The normalized spacial score (nSPS) is 10.6. The van der Waals surface area contributed by atoms with E-state index in [0.717, 1.165) is 11.8 Å². The van der Waals surface area contributed by atoms with Gasteiger partial charge < -0.3 is 9.84 Å². The molecule has 1 amide bonds. The van der Waals surface area contributed by atoms with Gasteiger partial charge in [0.25, 0.3) is 5.91 Å². The van der Waals surface area contributed by atoms with Crippen LogP contribution in [0.25, 0.3) is 0 Å². The Hall–Kier alpha value is -4.53. The second kappa shape index (κ2) is 9.31. The zero-order valence-electron chi connectivity index (χ0n) is 16.3. The number of nitro benzene ring substituents is 1. The van der Waals surface area contributed by atoms with E-state index in [-0.39, 0.29) is 28.2 Å². The summed E-state index contributed by atoms with van der Waals surface area (Å²) in [6.45, 7) is 1.86.